The number of fused-ring (bicyclic) bond motifs is 2. The highest BCUT2D eigenvalue weighted by atomic mass is 32.2. The number of carbonyl (C=O) groups excluding carboxylic acids is 2. The highest BCUT2D eigenvalue weighted by Gasteiger charge is 2.26. The van der Waals surface area contributed by atoms with E-state index < -0.39 is 0 Å². The van der Waals surface area contributed by atoms with Crippen LogP contribution in [0.3, 0.4) is 0 Å². The first-order valence-electron chi connectivity index (χ1n) is 10.5. The Bertz CT molecular complexity index is 1420. The highest BCUT2D eigenvalue weighted by molar-refractivity contribution is 8.00. The molecule has 4 aromatic rings. The maximum atomic E-state index is 12.9. The minimum atomic E-state index is -0.280. The molecule has 7 nitrogen and oxygen atoms in total. The van der Waals surface area contributed by atoms with E-state index in [9.17, 15) is 14.4 Å². The first kappa shape index (κ1) is 21.0. The van der Waals surface area contributed by atoms with Crippen LogP contribution in [0.15, 0.2) is 82.5 Å². The second-order valence-electron chi connectivity index (χ2n) is 7.66. The van der Waals surface area contributed by atoms with Crippen molar-refractivity contribution in [1.29, 1.82) is 0 Å². The van der Waals surface area contributed by atoms with Crippen LogP contribution in [0.25, 0.3) is 10.8 Å². The number of hydrogen-bond donors (Lipinski definition) is 2. The number of rotatable bonds is 5. The second kappa shape index (κ2) is 8.91. The van der Waals surface area contributed by atoms with Gasteiger partial charge in [-0.2, -0.15) is 5.10 Å². The van der Waals surface area contributed by atoms with Gasteiger partial charge in [-0.1, -0.05) is 48.5 Å². The van der Waals surface area contributed by atoms with Gasteiger partial charge in [0.25, 0.3) is 11.5 Å². The van der Waals surface area contributed by atoms with E-state index >= 15 is 0 Å². The molecule has 2 N–H and O–H groups in total. The minimum Gasteiger partial charge on any atom is -0.346 e. The van der Waals surface area contributed by atoms with Crippen molar-refractivity contribution in [3.05, 3.63) is 100.0 Å². The van der Waals surface area contributed by atoms with Crippen LogP contribution in [-0.2, 0) is 17.9 Å². The fraction of sp³-hybridized carbons (Fsp3) is 0.120. The van der Waals surface area contributed by atoms with E-state index in [-0.39, 0.29) is 23.9 Å². The lowest BCUT2D eigenvalue weighted by Crippen LogP contribution is -2.35. The molecule has 0 atom stereocenters. The zero-order valence-corrected chi connectivity index (χ0v) is 18.4. The molecule has 3 aromatic carbocycles. The number of aromatic amines is 1. The summed E-state index contributed by atoms with van der Waals surface area (Å²) in [5.41, 5.74) is 2.52. The van der Waals surface area contributed by atoms with Gasteiger partial charge in [0.1, 0.15) is 0 Å². The van der Waals surface area contributed by atoms with Crippen molar-refractivity contribution in [1.82, 2.24) is 15.5 Å². The van der Waals surface area contributed by atoms with E-state index in [1.165, 1.54) is 11.8 Å². The van der Waals surface area contributed by atoms with Gasteiger partial charge >= 0.3 is 0 Å². The number of H-pyrrole nitrogens is 1. The zero-order valence-electron chi connectivity index (χ0n) is 17.6. The molecule has 164 valence electrons. The van der Waals surface area contributed by atoms with E-state index in [2.05, 4.69) is 15.5 Å². The summed E-state index contributed by atoms with van der Waals surface area (Å²) < 4.78 is 0. The predicted molar refractivity (Wildman–Crippen MR) is 128 cm³/mol. The Labute approximate surface area is 193 Å². The van der Waals surface area contributed by atoms with E-state index in [0.717, 1.165) is 16.1 Å². The number of anilines is 1. The lowest BCUT2D eigenvalue weighted by atomic mass is 10.1. The number of thioether (sulfide) groups is 1. The largest absolute Gasteiger partial charge is 0.346 e. The van der Waals surface area contributed by atoms with Crippen LogP contribution in [0, 0.1) is 0 Å². The fourth-order valence-corrected chi connectivity index (χ4v) is 4.77. The van der Waals surface area contributed by atoms with Gasteiger partial charge < -0.3 is 10.2 Å². The molecule has 0 bridgehead atoms. The van der Waals surface area contributed by atoms with Crippen molar-refractivity contribution < 1.29 is 9.59 Å². The summed E-state index contributed by atoms with van der Waals surface area (Å²) in [4.78, 5) is 40.3. The van der Waals surface area contributed by atoms with Gasteiger partial charge in [0.2, 0.25) is 5.91 Å². The topological polar surface area (TPSA) is 95.2 Å². The number of nitrogens with one attached hydrogen (secondary N) is 2. The summed E-state index contributed by atoms with van der Waals surface area (Å²) in [6, 6.07) is 22.3. The van der Waals surface area contributed by atoms with Crippen LogP contribution in [0.4, 0.5) is 5.69 Å². The molecule has 2 heterocycles. The summed E-state index contributed by atoms with van der Waals surface area (Å²) >= 11 is 1.48. The number of carbonyl (C=O) groups is 2. The van der Waals surface area contributed by atoms with Crippen LogP contribution >= 0.6 is 11.8 Å². The van der Waals surface area contributed by atoms with Crippen LogP contribution in [0.5, 0.6) is 0 Å². The Balaban J connectivity index is 1.38. The third-order valence-electron chi connectivity index (χ3n) is 5.54. The van der Waals surface area contributed by atoms with Crippen molar-refractivity contribution in [3.63, 3.8) is 0 Å². The van der Waals surface area contributed by atoms with Gasteiger partial charge in [0.05, 0.1) is 35.6 Å². The van der Waals surface area contributed by atoms with Crippen molar-refractivity contribution in [2.24, 2.45) is 0 Å². The maximum Gasteiger partial charge on any atom is 0.272 e. The molecule has 0 aliphatic carbocycles. The van der Waals surface area contributed by atoms with Gasteiger partial charge in [-0.15, -0.1) is 11.8 Å². The van der Waals surface area contributed by atoms with Crippen molar-refractivity contribution in [3.8, 4) is 0 Å². The number of aromatic nitrogens is 2. The normalized spacial score (nSPS) is 13.1. The summed E-state index contributed by atoms with van der Waals surface area (Å²) in [5, 5.41) is 10.7. The predicted octanol–water partition coefficient (Wildman–Crippen LogP) is 3.49. The van der Waals surface area contributed by atoms with Gasteiger partial charge in [-0.05, 0) is 29.8 Å². The third-order valence-corrected chi connectivity index (χ3v) is 6.59. The maximum absolute atomic E-state index is 12.9. The van der Waals surface area contributed by atoms with Crippen LogP contribution in [-0.4, -0.2) is 27.8 Å². The lowest BCUT2D eigenvalue weighted by molar-refractivity contribution is -0.116. The zero-order chi connectivity index (χ0) is 22.8. The molecule has 33 heavy (non-hydrogen) atoms. The van der Waals surface area contributed by atoms with Gasteiger partial charge in [0, 0.05) is 15.8 Å². The van der Waals surface area contributed by atoms with Crippen molar-refractivity contribution >= 4 is 40.0 Å². The number of amides is 2. The average Bonchev–Trinajstić information content (AvgIpc) is 2.86. The first-order valence-corrected chi connectivity index (χ1v) is 11.4. The number of benzene rings is 3. The average molecular weight is 457 g/mol. The van der Waals surface area contributed by atoms with Gasteiger partial charge in [0.15, 0.2) is 0 Å². The molecule has 0 radical (unpaired) electrons. The standard InChI is InChI=1S/C25H20N4O3S/c30-23-15-33-22-11-10-17(12-21(22)29(23)14-16-6-2-1-3-7-16)24(31)26-13-20-18-8-4-5-9-19(18)25(32)28-27-20/h1-12H,13-15H2,(H,26,31)(H,28,32). The van der Waals surface area contributed by atoms with E-state index in [1.54, 1.807) is 29.2 Å². The van der Waals surface area contributed by atoms with Gasteiger partial charge in [-0.3, -0.25) is 14.4 Å². The molecule has 0 saturated carbocycles. The van der Waals surface area contributed by atoms with E-state index in [4.69, 9.17) is 0 Å². The molecular formula is C25H20N4O3S. The first-order chi connectivity index (χ1) is 16.1. The van der Waals surface area contributed by atoms with Crippen molar-refractivity contribution in [2.45, 2.75) is 18.0 Å². The molecule has 0 saturated heterocycles. The molecule has 0 fully saturated rings. The Hall–Kier alpha value is -3.91. The molecule has 0 spiro atoms. The Morgan fingerprint density at radius 3 is 2.58 bits per heavy atom. The van der Waals surface area contributed by atoms with Gasteiger partial charge in [-0.25, -0.2) is 5.10 Å². The Morgan fingerprint density at radius 1 is 1.00 bits per heavy atom. The monoisotopic (exact) mass is 456 g/mol. The molecule has 2 amide bonds. The number of nitrogens with zero attached hydrogens (tertiary/aromatic N) is 2. The second-order valence-corrected chi connectivity index (χ2v) is 8.68. The summed E-state index contributed by atoms with van der Waals surface area (Å²) in [6.07, 6.45) is 0. The molecule has 5 rings (SSSR count). The van der Waals surface area contributed by atoms with Crippen LogP contribution in [0.2, 0.25) is 0 Å². The van der Waals surface area contributed by atoms with Crippen LogP contribution < -0.4 is 15.8 Å². The van der Waals surface area contributed by atoms with Crippen molar-refractivity contribution in [2.75, 3.05) is 10.7 Å². The molecule has 1 aliphatic rings. The smallest absolute Gasteiger partial charge is 0.272 e. The molecule has 1 aromatic heterocycles. The van der Waals surface area contributed by atoms with Crippen LogP contribution in [0.1, 0.15) is 21.6 Å². The minimum absolute atomic E-state index is 0.0119. The quantitative estimate of drug-likeness (QED) is 0.479. The summed E-state index contributed by atoms with van der Waals surface area (Å²) in [5.74, 6) is 0.103. The highest BCUT2D eigenvalue weighted by Crippen LogP contribution is 2.36. The van der Waals surface area contributed by atoms with E-state index in [1.807, 2.05) is 48.5 Å². The number of hydrogen-bond acceptors (Lipinski definition) is 5. The summed E-state index contributed by atoms with van der Waals surface area (Å²) in [6.45, 7) is 0.611. The molecular weight excluding hydrogens is 436 g/mol. The Morgan fingerprint density at radius 2 is 1.76 bits per heavy atom. The molecule has 0 unspecified atom stereocenters. The summed E-state index contributed by atoms with van der Waals surface area (Å²) in [7, 11) is 0. The lowest BCUT2D eigenvalue weighted by Gasteiger charge is -2.29. The Kier molecular flexibility index (Phi) is 5.66. The SMILES string of the molecule is O=C(NCc1n[nH]c(=O)c2ccccc12)c1ccc2c(c1)N(Cc1ccccc1)C(=O)CS2. The molecule has 1 aliphatic heterocycles. The van der Waals surface area contributed by atoms with E-state index in [0.29, 0.717) is 34.3 Å². The molecule has 8 heteroatoms. The fourth-order valence-electron chi connectivity index (χ4n) is 3.85. The third kappa shape index (κ3) is 4.25.